The molecule has 0 radical (unpaired) electrons. The lowest BCUT2D eigenvalue weighted by atomic mass is 9.88. The van der Waals surface area contributed by atoms with Gasteiger partial charge in [0.1, 0.15) is 19.5 Å². The summed E-state index contributed by atoms with van der Waals surface area (Å²) in [5.74, 6) is -1.28. The molecule has 0 spiro atoms. The molecule has 64 valence electrons. The van der Waals surface area contributed by atoms with Crippen molar-refractivity contribution < 1.29 is 13.9 Å². The maximum atomic E-state index is 12.8. The molecule has 0 aliphatic carbocycles. The first kappa shape index (κ1) is 9.19. The van der Waals surface area contributed by atoms with Gasteiger partial charge in [-0.3, -0.25) is 0 Å². The van der Waals surface area contributed by atoms with E-state index in [4.69, 9.17) is 5.11 Å². The molecule has 1 atom stereocenters. The number of aliphatic hydroxyl groups is 1. The van der Waals surface area contributed by atoms with Gasteiger partial charge in [-0.25, -0.2) is 8.78 Å². The second-order valence-electron chi connectivity index (χ2n) is 2.78. The van der Waals surface area contributed by atoms with Gasteiger partial charge < -0.3 is 5.11 Å². The Bertz CT molecular complexity index is 299. The van der Waals surface area contributed by atoms with E-state index in [2.05, 4.69) is 0 Å². The van der Waals surface area contributed by atoms with Crippen molar-refractivity contribution in [3.63, 3.8) is 0 Å². The highest BCUT2D eigenvalue weighted by molar-refractivity contribution is 6.33. The van der Waals surface area contributed by atoms with E-state index in [1.165, 1.54) is 14.8 Å². The van der Waals surface area contributed by atoms with Gasteiger partial charge in [0, 0.05) is 6.07 Å². The zero-order valence-electron chi connectivity index (χ0n) is 6.94. The summed E-state index contributed by atoms with van der Waals surface area (Å²) in [6.07, 6.45) is -0.838. The fourth-order valence-corrected chi connectivity index (χ4v) is 1.10. The summed E-state index contributed by atoms with van der Waals surface area (Å²) in [5.41, 5.74) is 0.596. The highest BCUT2D eigenvalue weighted by atomic mass is 19.1. The first-order valence-electron chi connectivity index (χ1n) is 3.66. The third-order valence-electron chi connectivity index (χ3n) is 1.80. The Labute approximate surface area is 70.4 Å². The molecule has 1 N–H and O–H groups in total. The zero-order chi connectivity index (χ0) is 9.30. The lowest BCUT2D eigenvalue weighted by molar-refractivity contribution is 0.199. The van der Waals surface area contributed by atoms with Crippen LogP contribution in [0.1, 0.15) is 18.6 Å². The Morgan fingerprint density at radius 3 is 2.50 bits per heavy atom. The molecule has 12 heavy (non-hydrogen) atoms. The van der Waals surface area contributed by atoms with Gasteiger partial charge in [-0.05, 0) is 24.0 Å². The van der Waals surface area contributed by atoms with Crippen molar-refractivity contribution in [2.45, 2.75) is 13.0 Å². The van der Waals surface area contributed by atoms with Gasteiger partial charge in [-0.2, -0.15) is 0 Å². The maximum Gasteiger partial charge on any atom is 0.143 e. The van der Waals surface area contributed by atoms with Crippen molar-refractivity contribution in [2.75, 3.05) is 0 Å². The molecule has 0 fully saturated rings. The van der Waals surface area contributed by atoms with Gasteiger partial charge in [0.25, 0.3) is 0 Å². The van der Waals surface area contributed by atoms with Crippen LogP contribution in [0.4, 0.5) is 8.78 Å². The van der Waals surface area contributed by atoms with Crippen molar-refractivity contribution in [2.24, 2.45) is 0 Å². The van der Waals surface area contributed by atoms with Gasteiger partial charge in [-0.15, -0.1) is 0 Å². The van der Waals surface area contributed by atoms with Crippen molar-refractivity contribution in [3.05, 3.63) is 29.3 Å². The quantitative estimate of drug-likeness (QED) is 0.600. The highest BCUT2D eigenvalue weighted by Gasteiger charge is 2.10. The molecule has 0 saturated heterocycles. The zero-order valence-corrected chi connectivity index (χ0v) is 6.94. The van der Waals surface area contributed by atoms with Crippen molar-refractivity contribution in [1.82, 2.24) is 0 Å². The van der Waals surface area contributed by atoms with Crippen LogP contribution in [0.3, 0.4) is 0 Å². The first-order chi connectivity index (χ1) is 5.52. The van der Waals surface area contributed by atoms with Crippen LogP contribution in [0.2, 0.25) is 0 Å². The van der Waals surface area contributed by atoms with E-state index in [0.717, 1.165) is 12.1 Å². The molecule has 0 aromatic heterocycles. The molecular formula is C8H9BF2O. The van der Waals surface area contributed by atoms with Crippen LogP contribution in [0, 0.1) is 11.6 Å². The van der Waals surface area contributed by atoms with Crippen LogP contribution in [0.5, 0.6) is 0 Å². The number of benzene rings is 1. The van der Waals surface area contributed by atoms with Gasteiger partial charge in [0.05, 0.1) is 6.10 Å². The van der Waals surface area contributed by atoms with E-state index in [1.807, 2.05) is 0 Å². The Balaban J connectivity index is 3.28. The summed E-state index contributed by atoms with van der Waals surface area (Å²) >= 11 is 0. The van der Waals surface area contributed by atoms with Gasteiger partial charge in [0.15, 0.2) is 0 Å². The molecule has 1 rings (SSSR count). The lowest BCUT2D eigenvalue weighted by Crippen LogP contribution is -2.17. The van der Waals surface area contributed by atoms with E-state index in [1.54, 1.807) is 0 Å². The molecule has 0 aliphatic rings. The van der Waals surface area contributed by atoms with E-state index in [-0.39, 0.29) is 0 Å². The van der Waals surface area contributed by atoms with E-state index in [9.17, 15) is 8.78 Å². The topological polar surface area (TPSA) is 20.2 Å². The predicted molar refractivity (Wildman–Crippen MR) is 45.2 cm³/mol. The van der Waals surface area contributed by atoms with Gasteiger partial charge in [0.2, 0.25) is 0 Å². The third-order valence-corrected chi connectivity index (χ3v) is 1.80. The summed E-state index contributed by atoms with van der Waals surface area (Å²) < 4.78 is 25.5. The summed E-state index contributed by atoms with van der Waals surface area (Å²) in [7, 11) is 1.51. The predicted octanol–water partition coefficient (Wildman–Crippen LogP) is 0.277. The molecule has 1 aromatic rings. The summed E-state index contributed by atoms with van der Waals surface area (Å²) in [6.45, 7) is 1.47. The third kappa shape index (κ3) is 1.64. The van der Waals surface area contributed by atoms with E-state index in [0.29, 0.717) is 11.0 Å². The fraction of sp³-hybridized carbons (Fsp3) is 0.250. The number of aliphatic hydroxyl groups excluding tert-OH is 1. The Morgan fingerprint density at radius 1 is 1.42 bits per heavy atom. The Kier molecular flexibility index (Phi) is 2.47. The minimum absolute atomic E-state index is 0.298. The van der Waals surface area contributed by atoms with Crippen molar-refractivity contribution >= 4 is 13.3 Å². The molecule has 0 aliphatic heterocycles. The summed E-state index contributed by atoms with van der Waals surface area (Å²) in [5, 5.41) is 9.12. The lowest BCUT2D eigenvalue weighted by Gasteiger charge is -2.09. The standard InChI is InChI=1S/C8H9BF2O/c1-4(12)6-2-5(10)3-7(11)8(6)9/h2-4,12H,9H2,1H3. The number of halogens is 2. The number of hydrogen-bond acceptors (Lipinski definition) is 1. The molecule has 0 amide bonds. The minimum Gasteiger partial charge on any atom is -0.389 e. The molecule has 0 saturated carbocycles. The molecule has 0 heterocycles. The summed E-state index contributed by atoms with van der Waals surface area (Å²) in [6, 6.07) is 1.95. The molecule has 1 nitrogen and oxygen atoms in total. The smallest absolute Gasteiger partial charge is 0.143 e. The molecule has 1 unspecified atom stereocenters. The van der Waals surface area contributed by atoms with Crippen LogP contribution in [0.15, 0.2) is 12.1 Å². The Morgan fingerprint density at radius 2 is 2.00 bits per heavy atom. The van der Waals surface area contributed by atoms with Crippen LogP contribution in [0.25, 0.3) is 0 Å². The summed E-state index contributed by atoms with van der Waals surface area (Å²) in [4.78, 5) is 0. The van der Waals surface area contributed by atoms with E-state index >= 15 is 0 Å². The second-order valence-corrected chi connectivity index (χ2v) is 2.78. The maximum absolute atomic E-state index is 12.8. The van der Waals surface area contributed by atoms with Crippen LogP contribution in [-0.2, 0) is 0 Å². The fourth-order valence-electron chi connectivity index (χ4n) is 1.10. The molecular weight excluding hydrogens is 161 g/mol. The average molecular weight is 170 g/mol. The van der Waals surface area contributed by atoms with E-state index < -0.39 is 17.7 Å². The Hall–Kier alpha value is -0.895. The molecule has 1 aromatic carbocycles. The largest absolute Gasteiger partial charge is 0.389 e. The van der Waals surface area contributed by atoms with Gasteiger partial charge >= 0.3 is 0 Å². The van der Waals surface area contributed by atoms with Crippen LogP contribution >= 0.6 is 0 Å². The first-order valence-corrected chi connectivity index (χ1v) is 3.66. The molecule has 0 bridgehead atoms. The monoisotopic (exact) mass is 170 g/mol. The van der Waals surface area contributed by atoms with Crippen LogP contribution < -0.4 is 5.46 Å². The van der Waals surface area contributed by atoms with Crippen molar-refractivity contribution in [3.8, 4) is 0 Å². The van der Waals surface area contributed by atoms with Gasteiger partial charge in [-0.1, -0.05) is 0 Å². The SMILES string of the molecule is Bc1c(F)cc(F)cc1C(C)O. The van der Waals surface area contributed by atoms with Crippen LogP contribution in [-0.4, -0.2) is 13.0 Å². The number of rotatable bonds is 1. The minimum atomic E-state index is -0.838. The average Bonchev–Trinajstić information content (AvgIpc) is 1.96. The normalized spacial score (nSPS) is 13.0. The molecule has 4 heteroatoms. The number of hydrogen-bond donors (Lipinski definition) is 1. The van der Waals surface area contributed by atoms with Crippen molar-refractivity contribution in [1.29, 1.82) is 0 Å². The highest BCUT2D eigenvalue weighted by Crippen LogP contribution is 2.12. The second kappa shape index (κ2) is 3.23.